The Balaban J connectivity index is 2.20. The van der Waals surface area contributed by atoms with Crippen molar-refractivity contribution in [2.75, 3.05) is 11.9 Å². The summed E-state index contributed by atoms with van der Waals surface area (Å²) in [7, 11) is 1.99. The van der Waals surface area contributed by atoms with E-state index in [1.807, 2.05) is 19.2 Å². The van der Waals surface area contributed by atoms with Gasteiger partial charge in [0.1, 0.15) is 0 Å². The molecule has 0 fully saturated rings. The number of nitrogens with zero attached hydrogens (tertiary/aromatic N) is 1. The lowest BCUT2D eigenvalue weighted by Gasteiger charge is -2.20. The third-order valence-electron chi connectivity index (χ3n) is 2.77. The molecule has 0 spiro atoms. The van der Waals surface area contributed by atoms with Crippen LogP contribution in [0.1, 0.15) is 22.8 Å². The second kappa shape index (κ2) is 5.55. The van der Waals surface area contributed by atoms with Crippen molar-refractivity contribution in [3.8, 4) is 0 Å². The Morgan fingerprint density at radius 1 is 1.39 bits per heavy atom. The van der Waals surface area contributed by atoms with Crippen LogP contribution in [-0.2, 0) is 6.54 Å². The summed E-state index contributed by atoms with van der Waals surface area (Å²) in [5, 5.41) is 4.79. The molecule has 0 amide bonds. The van der Waals surface area contributed by atoms with E-state index < -0.39 is 0 Å². The van der Waals surface area contributed by atoms with Crippen LogP contribution in [0.25, 0.3) is 0 Å². The monoisotopic (exact) mass is 279 g/mol. The minimum atomic E-state index is 0.0314. The number of carbonyl (C=O) groups excluding carboxylic acids is 1. The van der Waals surface area contributed by atoms with E-state index in [9.17, 15) is 4.79 Å². The first-order valence-electron chi connectivity index (χ1n) is 5.60. The number of ketones is 1. The van der Waals surface area contributed by atoms with Crippen LogP contribution in [0.3, 0.4) is 0 Å². The molecule has 18 heavy (non-hydrogen) atoms. The van der Waals surface area contributed by atoms with Gasteiger partial charge in [-0.1, -0.05) is 11.6 Å². The molecule has 1 aromatic carbocycles. The van der Waals surface area contributed by atoms with Crippen molar-refractivity contribution in [2.45, 2.75) is 13.5 Å². The number of benzene rings is 1. The molecule has 0 unspecified atom stereocenters. The molecule has 0 saturated heterocycles. The van der Waals surface area contributed by atoms with Gasteiger partial charge in [-0.3, -0.25) is 4.79 Å². The van der Waals surface area contributed by atoms with E-state index in [2.05, 4.69) is 21.7 Å². The third kappa shape index (κ3) is 2.92. The summed E-state index contributed by atoms with van der Waals surface area (Å²) < 4.78 is 0. The maximum absolute atomic E-state index is 11.3. The molecule has 0 aliphatic rings. The quantitative estimate of drug-likeness (QED) is 0.780. The van der Waals surface area contributed by atoms with Crippen LogP contribution in [0.5, 0.6) is 0 Å². The average molecular weight is 280 g/mol. The first kappa shape index (κ1) is 13.1. The van der Waals surface area contributed by atoms with Crippen molar-refractivity contribution >= 4 is 34.4 Å². The molecule has 0 aliphatic heterocycles. The zero-order valence-corrected chi connectivity index (χ0v) is 11.9. The smallest absolute Gasteiger partial charge is 0.159 e. The van der Waals surface area contributed by atoms with E-state index >= 15 is 0 Å². The lowest BCUT2D eigenvalue weighted by Crippen LogP contribution is -2.16. The van der Waals surface area contributed by atoms with Gasteiger partial charge >= 0.3 is 0 Å². The van der Waals surface area contributed by atoms with E-state index in [1.165, 1.54) is 5.56 Å². The van der Waals surface area contributed by atoms with Crippen molar-refractivity contribution in [2.24, 2.45) is 0 Å². The molecule has 0 bridgehead atoms. The van der Waals surface area contributed by atoms with Crippen molar-refractivity contribution in [3.63, 3.8) is 0 Å². The fourth-order valence-electron chi connectivity index (χ4n) is 1.78. The average Bonchev–Trinajstić information content (AvgIpc) is 2.81. The Bertz CT molecular complexity index is 551. The Kier molecular flexibility index (Phi) is 4.04. The highest BCUT2D eigenvalue weighted by Crippen LogP contribution is 2.27. The summed E-state index contributed by atoms with van der Waals surface area (Å²) in [4.78, 5) is 13.3. The molecule has 2 aromatic rings. The molecule has 1 aromatic heterocycles. The molecule has 0 N–H and O–H groups in total. The Morgan fingerprint density at radius 2 is 2.17 bits per heavy atom. The van der Waals surface area contributed by atoms with E-state index in [0.29, 0.717) is 10.6 Å². The highest BCUT2D eigenvalue weighted by Gasteiger charge is 2.09. The molecule has 0 saturated carbocycles. The van der Waals surface area contributed by atoms with Gasteiger partial charge in [0.25, 0.3) is 0 Å². The lowest BCUT2D eigenvalue weighted by molar-refractivity contribution is 0.101. The van der Waals surface area contributed by atoms with E-state index in [-0.39, 0.29) is 5.78 Å². The number of carbonyl (C=O) groups is 1. The standard InChI is InChI=1S/C14H14ClNOS/c1-10(17)12-3-4-14(13(15)7-12)16(2)8-11-5-6-18-9-11/h3-7,9H,8H2,1-2H3. The van der Waals surface area contributed by atoms with Crippen molar-refractivity contribution in [1.29, 1.82) is 0 Å². The predicted molar refractivity (Wildman–Crippen MR) is 77.9 cm³/mol. The molecule has 2 nitrogen and oxygen atoms in total. The molecular formula is C14H14ClNOS. The van der Waals surface area contributed by atoms with Gasteiger partial charge in [0.05, 0.1) is 10.7 Å². The summed E-state index contributed by atoms with van der Waals surface area (Å²) in [5.41, 5.74) is 2.84. The number of Topliss-reactive ketones (excluding diaryl/α,β-unsaturated/α-hetero) is 1. The molecule has 4 heteroatoms. The number of rotatable bonds is 4. The van der Waals surface area contributed by atoms with Gasteiger partial charge in [-0.2, -0.15) is 11.3 Å². The van der Waals surface area contributed by atoms with Crippen LogP contribution in [0.2, 0.25) is 5.02 Å². The number of anilines is 1. The summed E-state index contributed by atoms with van der Waals surface area (Å²) >= 11 is 7.90. The SMILES string of the molecule is CC(=O)c1ccc(N(C)Cc2ccsc2)c(Cl)c1. The van der Waals surface area contributed by atoms with Gasteiger partial charge in [0.2, 0.25) is 0 Å². The number of hydrogen-bond donors (Lipinski definition) is 0. The van der Waals surface area contributed by atoms with E-state index in [0.717, 1.165) is 12.2 Å². The molecule has 0 radical (unpaired) electrons. The third-order valence-corrected chi connectivity index (χ3v) is 3.80. The zero-order valence-electron chi connectivity index (χ0n) is 10.3. The number of halogens is 1. The maximum atomic E-state index is 11.3. The largest absolute Gasteiger partial charge is 0.369 e. The van der Waals surface area contributed by atoms with Gasteiger partial charge in [0.15, 0.2) is 5.78 Å². The fourth-order valence-corrected chi connectivity index (χ4v) is 2.76. The highest BCUT2D eigenvalue weighted by molar-refractivity contribution is 7.07. The topological polar surface area (TPSA) is 20.3 Å². The van der Waals surface area contributed by atoms with Crippen LogP contribution < -0.4 is 4.90 Å². The van der Waals surface area contributed by atoms with Gasteiger partial charge in [-0.05, 0) is 47.5 Å². The minimum Gasteiger partial charge on any atom is -0.369 e. The zero-order chi connectivity index (χ0) is 13.1. The van der Waals surface area contributed by atoms with Crippen LogP contribution in [0.4, 0.5) is 5.69 Å². The Labute approximate surface area is 116 Å². The first-order valence-corrected chi connectivity index (χ1v) is 6.92. The van der Waals surface area contributed by atoms with Crippen LogP contribution in [0, 0.1) is 0 Å². The molecule has 94 valence electrons. The first-order chi connectivity index (χ1) is 8.58. The Hall–Kier alpha value is -1.32. The molecule has 2 rings (SSSR count). The normalized spacial score (nSPS) is 10.4. The van der Waals surface area contributed by atoms with Crippen LogP contribution in [0.15, 0.2) is 35.0 Å². The van der Waals surface area contributed by atoms with Crippen molar-refractivity contribution < 1.29 is 4.79 Å². The van der Waals surface area contributed by atoms with Gasteiger partial charge in [0, 0.05) is 19.2 Å². The van der Waals surface area contributed by atoms with Gasteiger partial charge in [-0.25, -0.2) is 0 Å². The van der Waals surface area contributed by atoms with E-state index in [4.69, 9.17) is 11.6 Å². The molecule has 1 heterocycles. The molecular weight excluding hydrogens is 266 g/mol. The van der Waals surface area contributed by atoms with Crippen LogP contribution in [-0.4, -0.2) is 12.8 Å². The Morgan fingerprint density at radius 3 is 2.72 bits per heavy atom. The number of hydrogen-bond acceptors (Lipinski definition) is 3. The lowest BCUT2D eigenvalue weighted by atomic mass is 10.1. The summed E-state index contributed by atoms with van der Waals surface area (Å²) in [6.07, 6.45) is 0. The van der Waals surface area contributed by atoms with Gasteiger partial charge < -0.3 is 4.90 Å². The summed E-state index contributed by atoms with van der Waals surface area (Å²) in [6, 6.07) is 7.53. The highest BCUT2D eigenvalue weighted by atomic mass is 35.5. The maximum Gasteiger partial charge on any atom is 0.159 e. The minimum absolute atomic E-state index is 0.0314. The van der Waals surface area contributed by atoms with Crippen molar-refractivity contribution in [3.05, 3.63) is 51.2 Å². The number of thiophene rings is 1. The van der Waals surface area contributed by atoms with Crippen LogP contribution >= 0.6 is 22.9 Å². The van der Waals surface area contributed by atoms with Crippen molar-refractivity contribution in [1.82, 2.24) is 0 Å². The second-order valence-electron chi connectivity index (χ2n) is 4.21. The molecule has 0 aliphatic carbocycles. The predicted octanol–water partition coefficient (Wildman–Crippen LogP) is 4.24. The second-order valence-corrected chi connectivity index (χ2v) is 5.40. The summed E-state index contributed by atoms with van der Waals surface area (Å²) in [5.74, 6) is 0.0314. The summed E-state index contributed by atoms with van der Waals surface area (Å²) in [6.45, 7) is 2.35. The fraction of sp³-hybridized carbons (Fsp3) is 0.214. The van der Waals surface area contributed by atoms with E-state index in [1.54, 1.807) is 24.3 Å². The van der Waals surface area contributed by atoms with Gasteiger partial charge in [-0.15, -0.1) is 0 Å². The molecule has 0 atom stereocenters.